The maximum atomic E-state index is 12.5. The first-order valence-electron chi connectivity index (χ1n) is 2.80. The molecular formula is C6H3BrF2O2S. The van der Waals surface area contributed by atoms with Crippen LogP contribution < -0.4 is 0 Å². The van der Waals surface area contributed by atoms with E-state index >= 15 is 0 Å². The maximum absolute atomic E-state index is 12.5. The van der Waals surface area contributed by atoms with Crippen molar-refractivity contribution in [2.45, 2.75) is 4.90 Å². The Balaban J connectivity index is 3.37. The molecule has 0 aromatic heterocycles. The molecule has 1 aromatic carbocycles. The molecule has 0 spiro atoms. The number of hydrogen-bond donors (Lipinski definition) is 0. The first kappa shape index (κ1) is 9.60. The van der Waals surface area contributed by atoms with Gasteiger partial charge in [0.1, 0.15) is 10.7 Å². The van der Waals surface area contributed by atoms with Crippen molar-refractivity contribution in [2.24, 2.45) is 0 Å². The van der Waals surface area contributed by atoms with E-state index in [1.807, 2.05) is 0 Å². The van der Waals surface area contributed by atoms with Gasteiger partial charge in [-0.3, -0.25) is 0 Å². The van der Waals surface area contributed by atoms with E-state index in [2.05, 4.69) is 15.9 Å². The summed E-state index contributed by atoms with van der Waals surface area (Å²) in [6.07, 6.45) is 0. The molecule has 12 heavy (non-hydrogen) atoms. The van der Waals surface area contributed by atoms with Crippen LogP contribution in [-0.4, -0.2) is 8.42 Å². The molecule has 0 atom stereocenters. The minimum atomic E-state index is -4.82. The lowest BCUT2D eigenvalue weighted by Crippen LogP contribution is -1.92. The van der Waals surface area contributed by atoms with Crippen molar-refractivity contribution >= 4 is 26.2 Å². The maximum Gasteiger partial charge on any atom is 0.332 e. The van der Waals surface area contributed by atoms with Crippen molar-refractivity contribution in [1.29, 1.82) is 0 Å². The molecule has 1 aromatic rings. The fraction of sp³-hybridized carbons (Fsp3) is 0. The van der Waals surface area contributed by atoms with Gasteiger partial charge in [0.2, 0.25) is 0 Å². The van der Waals surface area contributed by atoms with Gasteiger partial charge in [0.15, 0.2) is 0 Å². The van der Waals surface area contributed by atoms with Crippen LogP contribution in [0.3, 0.4) is 0 Å². The zero-order valence-electron chi connectivity index (χ0n) is 5.59. The van der Waals surface area contributed by atoms with Crippen molar-refractivity contribution < 1.29 is 16.7 Å². The number of rotatable bonds is 1. The molecule has 0 unspecified atom stereocenters. The summed E-state index contributed by atoms with van der Waals surface area (Å²) in [6, 6.07) is 2.63. The summed E-state index contributed by atoms with van der Waals surface area (Å²) in [7, 11) is -4.82. The van der Waals surface area contributed by atoms with E-state index in [4.69, 9.17) is 0 Å². The predicted molar refractivity (Wildman–Crippen MR) is 42.4 cm³/mol. The zero-order chi connectivity index (χ0) is 9.35. The lowest BCUT2D eigenvalue weighted by Gasteiger charge is -1.95. The Morgan fingerprint density at radius 1 is 1.25 bits per heavy atom. The van der Waals surface area contributed by atoms with Crippen LogP contribution in [0.2, 0.25) is 0 Å². The summed E-state index contributed by atoms with van der Waals surface area (Å²) in [4.78, 5) is -0.686. The van der Waals surface area contributed by atoms with E-state index in [1.54, 1.807) is 0 Å². The molecule has 66 valence electrons. The largest absolute Gasteiger partial charge is 0.332 e. The van der Waals surface area contributed by atoms with Crippen LogP contribution in [0.1, 0.15) is 0 Å². The van der Waals surface area contributed by atoms with Gasteiger partial charge < -0.3 is 0 Å². The SMILES string of the molecule is O=S(=O)(F)c1cc(F)cc(Br)c1. The van der Waals surface area contributed by atoms with E-state index in [-0.39, 0.29) is 4.47 Å². The van der Waals surface area contributed by atoms with E-state index in [0.717, 1.165) is 12.1 Å². The number of benzene rings is 1. The molecule has 0 saturated carbocycles. The Morgan fingerprint density at radius 3 is 2.25 bits per heavy atom. The molecule has 0 radical (unpaired) electrons. The van der Waals surface area contributed by atoms with Crippen molar-refractivity contribution in [2.75, 3.05) is 0 Å². The summed E-state index contributed by atoms with van der Waals surface area (Å²) in [5, 5.41) is 0. The van der Waals surface area contributed by atoms with Crippen LogP contribution in [0.25, 0.3) is 0 Å². The van der Waals surface area contributed by atoms with Crippen LogP contribution in [0.4, 0.5) is 8.28 Å². The van der Waals surface area contributed by atoms with Crippen LogP contribution in [0.5, 0.6) is 0 Å². The highest BCUT2D eigenvalue weighted by Crippen LogP contribution is 2.19. The van der Waals surface area contributed by atoms with E-state index in [9.17, 15) is 16.7 Å². The van der Waals surface area contributed by atoms with Gasteiger partial charge in [-0.25, -0.2) is 4.39 Å². The minimum Gasteiger partial charge on any atom is -0.207 e. The highest BCUT2D eigenvalue weighted by Gasteiger charge is 2.13. The molecule has 0 aliphatic carbocycles. The van der Waals surface area contributed by atoms with Gasteiger partial charge in [-0.1, -0.05) is 15.9 Å². The normalized spacial score (nSPS) is 11.6. The Morgan fingerprint density at radius 2 is 1.83 bits per heavy atom. The lowest BCUT2D eigenvalue weighted by molar-refractivity contribution is 0.549. The number of halogens is 3. The molecule has 6 heteroatoms. The third-order valence-electron chi connectivity index (χ3n) is 1.12. The molecule has 0 amide bonds. The molecule has 0 bridgehead atoms. The second-order valence-corrected chi connectivity index (χ2v) is 4.31. The molecule has 0 aliphatic heterocycles. The highest BCUT2D eigenvalue weighted by atomic mass is 79.9. The molecule has 2 nitrogen and oxygen atoms in total. The van der Waals surface area contributed by atoms with E-state index in [1.165, 1.54) is 0 Å². The van der Waals surface area contributed by atoms with Gasteiger partial charge in [-0.15, -0.1) is 3.89 Å². The van der Waals surface area contributed by atoms with Gasteiger partial charge in [-0.05, 0) is 18.2 Å². The van der Waals surface area contributed by atoms with Gasteiger partial charge in [0.25, 0.3) is 0 Å². The lowest BCUT2D eigenvalue weighted by atomic mass is 10.3. The molecule has 0 heterocycles. The molecule has 0 N–H and O–H groups in total. The summed E-state index contributed by atoms with van der Waals surface area (Å²) in [5.74, 6) is -0.805. The Kier molecular flexibility index (Phi) is 2.48. The van der Waals surface area contributed by atoms with Gasteiger partial charge in [-0.2, -0.15) is 8.42 Å². The van der Waals surface area contributed by atoms with Crippen molar-refractivity contribution in [3.05, 3.63) is 28.5 Å². The van der Waals surface area contributed by atoms with Gasteiger partial charge >= 0.3 is 10.2 Å². The monoisotopic (exact) mass is 256 g/mol. The summed E-state index contributed by atoms with van der Waals surface area (Å²) in [5.41, 5.74) is 0. The van der Waals surface area contributed by atoms with E-state index in [0.29, 0.717) is 6.07 Å². The fourth-order valence-corrected chi connectivity index (χ4v) is 1.81. The average Bonchev–Trinajstić information content (AvgIpc) is 1.82. The predicted octanol–water partition coefficient (Wildman–Crippen LogP) is 2.25. The van der Waals surface area contributed by atoms with Crippen LogP contribution >= 0.6 is 15.9 Å². The second kappa shape index (κ2) is 3.10. The number of hydrogen-bond acceptors (Lipinski definition) is 2. The van der Waals surface area contributed by atoms with Crippen molar-refractivity contribution in [3.63, 3.8) is 0 Å². The molecule has 0 saturated heterocycles. The molecule has 0 fully saturated rings. The first-order chi connectivity index (χ1) is 5.39. The quantitative estimate of drug-likeness (QED) is 0.723. The first-order valence-corrected chi connectivity index (χ1v) is 4.98. The Bertz CT molecular complexity index is 382. The summed E-state index contributed by atoms with van der Waals surface area (Å²) < 4.78 is 45.5. The van der Waals surface area contributed by atoms with Gasteiger partial charge in [0.05, 0.1) is 0 Å². The Hall–Kier alpha value is -0.490. The van der Waals surface area contributed by atoms with Crippen LogP contribution in [0.15, 0.2) is 27.6 Å². The van der Waals surface area contributed by atoms with Crippen LogP contribution in [0, 0.1) is 5.82 Å². The average molecular weight is 257 g/mol. The van der Waals surface area contributed by atoms with Crippen LogP contribution in [-0.2, 0) is 10.2 Å². The van der Waals surface area contributed by atoms with Crippen molar-refractivity contribution in [3.8, 4) is 0 Å². The molecule has 0 aliphatic rings. The van der Waals surface area contributed by atoms with E-state index < -0.39 is 20.9 Å². The minimum absolute atomic E-state index is 0.179. The summed E-state index contributed by atoms with van der Waals surface area (Å²) >= 11 is 2.83. The topological polar surface area (TPSA) is 34.1 Å². The smallest absolute Gasteiger partial charge is 0.207 e. The third-order valence-corrected chi connectivity index (χ3v) is 2.37. The fourth-order valence-electron chi connectivity index (χ4n) is 0.669. The third kappa shape index (κ3) is 2.25. The Labute approximate surface area is 76.6 Å². The molecular weight excluding hydrogens is 254 g/mol. The van der Waals surface area contributed by atoms with Gasteiger partial charge in [0, 0.05) is 4.47 Å². The second-order valence-electron chi connectivity index (χ2n) is 2.04. The standard InChI is InChI=1S/C6H3BrF2O2S/c7-4-1-5(8)3-6(2-4)12(9,10)11/h1-3H. The summed E-state index contributed by atoms with van der Waals surface area (Å²) in [6.45, 7) is 0. The highest BCUT2D eigenvalue weighted by molar-refractivity contribution is 9.10. The van der Waals surface area contributed by atoms with Crippen molar-refractivity contribution in [1.82, 2.24) is 0 Å². The zero-order valence-corrected chi connectivity index (χ0v) is 7.99. The molecule has 1 rings (SSSR count).